The minimum Gasteiger partial charge on any atom is -0.289 e. The number of aromatic nitrogens is 5. The van der Waals surface area contributed by atoms with Crippen LogP contribution in [0.5, 0.6) is 0 Å². The van der Waals surface area contributed by atoms with Gasteiger partial charge in [0.05, 0.1) is 11.8 Å². The highest BCUT2D eigenvalue weighted by Gasteiger charge is 2.07. The van der Waals surface area contributed by atoms with Crippen LogP contribution >= 0.6 is 0 Å². The van der Waals surface area contributed by atoms with Gasteiger partial charge in [-0.15, -0.1) is 0 Å². The van der Waals surface area contributed by atoms with Gasteiger partial charge in [0.15, 0.2) is 5.78 Å². The fraction of sp³-hybridized carbons (Fsp3) is 0.125. The summed E-state index contributed by atoms with van der Waals surface area (Å²) in [4.78, 5) is 15.8. The van der Waals surface area contributed by atoms with Crippen molar-refractivity contribution >= 4 is 11.9 Å². The number of hydrogen-bond acceptors (Lipinski definition) is 4. The van der Waals surface area contributed by atoms with E-state index >= 15 is 0 Å². The summed E-state index contributed by atoms with van der Waals surface area (Å²) in [6.45, 7) is 2.64. The molecule has 23 heavy (non-hydrogen) atoms. The largest absolute Gasteiger partial charge is 0.289 e. The number of ketones is 1. The van der Waals surface area contributed by atoms with Gasteiger partial charge in [0.1, 0.15) is 24.2 Å². The van der Waals surface area contributed by atoms with Gasteiger partial charge < -0.3 is 0 Å². The van der Waals surface area contributed by atoms with Crippen LogP contribution in [0.4, 0.5) is 4.39 Å². The Kier molecular flexibility index (Phi) is 4.09. The molecule has 0 saturated heterocycles. The molecular formula is C16H14FN5O. The van der Waals surface area contributed by atoms with Crippen molar-refractivity contribution in [3.05, 3.63) is 66.3 Å². The van der Waals surface area contributed by atoms with Crippen LogP contribution < -0.4 is 0 Å². The summed E-state index contributed by atoms with van der Waals surface area (Å²) in [7, 11) is 0. The molecule has 3 rings (SSSR count). The Hall–Kier alpha value is -3.09. The third kappa shape index (κ3) is 3.23. The maximum absolute atomic E-state index is 14.1. The maximum Gasteiger partial charge on any atom is 0.189 e. The zero-order valence-electron chi connectivity index (χ0n) is 12.4. The lowest BCUT2D eigenvalue weighted by molar-refractivity contribution is 0.104. The number of carbonyl (C=O) groups is 1. The Bertz CT molecular complexity index is 851. The van der Waals surface area contributed by atoms with Gasteiger partial charge in [0, 0.05) is 12.7 Å². The molecule has 0 saturated carbocycles. The number of rotatable bonds is 5. The van der Waals surface area contributed by atoms with E-state index in [0.29, 0.717) is 23.4 Å². The molecule has 1 aromatic carbocycles. The third-order valence-corrected chi connectivity index (χ3v) is 3.31. The summed E-state index contributed by atoms with van der Waals surface area (Å²) in [5.74, 6) is -0.616. The van der Waals surface area contributed by atoms with Gasteiger partial charge in [0.2, 0.25) is 0 Å². The van der Waals surface area contributed by atoms with Crippen molar-refractivity contribution in [1.29, 1.82) is 0 Å². The minimum absolute atomic E-state index is 0.175. The van der Waals surface area contributed by atoms with Gasteiger partial charge in [-0.3, -0.25) is 9.48 Å². The van der Waals surface area contributed by atoms with E-state index < -0.39 is 5.82 Å². The number of aryl methyl sites for hydroxylation is 1. The van der Waals surface area contributed by atoms with Gasteiger partial charge in [-0.05, 0) is 30.7 Å². The average Bonchev–Trinajstić information content (AvgIpc) is 3.24. The van der Waals surface area contributed by atoms with Crippen molar-refractivity contribution in [2.75, 3.05) is 0 Å². The number of hydrogen-bond donors (Lipinski definition) is 0. The SMILES string of the molecule is CCn1cc(C(=O)/C=C\c2ccc(-n3cncn3)c(F)c2)cn1. The van der Waals surface area contributed by atoms with E-state index in [1.807, 2.05) is 6.92 Å². The minimum atomic E-state index is -0.441. The first-order valence-electron chi connectivity index (χ1n) is 7.07. The molecular weight excluding hydrogens is 297 g/mol. The van der Waals surface area contributed by atoms with E-state index in [2.05, 4.69) is 15.2 Å². The molecule has 0 spiro atoms. The third-order valence-electron chi connectivity index (χ3n) is 3.31. The molecule has 2 heterocycles. The molecule has 2 aromatic heterocycles. The Morgan fingerprint density at radius 2 is 2.22 bits per heavy atom. The van der Waals surface area contributed by atoms with E-state index in [4.69, 9.17) is 0 Å². The smallest absolute Gasteiger partial charge is 0.189 e. The van der Waals surface area contributed by atoms with Crippen molar-refractivity contribution in [1.82, 2.24) is 24.5 Å². The molecule has 116 valence electrons. The molecule has 0 N–H and O–H groups in total. The lowest BCUT2D eigenvalue weighted by atomic mass is 10.1. The molecule has 6 nitrogen and oxygen atoms in total. The molecule has 0 atom stereocenters. The second-order valence-electron chi connectivity index (χ2n) is 4.83. The lowest BCUT2D eigenvalue weighted by Crippen LogP contribution is -1.98. The molecule has 0 aliphatic rings. The molecule has 0 amide bonds. The molecule has 0 aliphatic carbocycles. The van der Waals surface area contributed by atoms with Crippen molar-refractivity contribution in [3.63, 3.8) is 0 Å². The van der Waals surface area contributed by atoms with Crippen molar-refractivity contribution in [2.24, 2.45) is 0 Å². The van der Waals surface area contributed by atoms with Gasteiger partial charge >= 0.3 is 0 Å². The summed E-state index contributed by atoms with van der Waals surface area (Å²) < 4.78 is 17.1. The summed E-state index contributed by atoms with van der Waals surface area (Å²) in [6, 6.07) is 4.64. The first-order chi connectivity index (χ1) is 11.2. The van der Waals surface area contributed by atoms with Gasteiger partial charge in [-0.1, -0.05) is 12.1 Å². The molecule has 7 heteroatoms. The van der Waals surface area contributed by atoms with E-state index in [1.165, 1.54) is 35.7 Å². The fourth-order valence-electron chi connectivity index (χ4n) is 2.08. The van der Waals surface area contributed by atoms with Crippen molar-refractivity contribution < 1.29 is 9.18 Å². The second kappa shape index (κ2) is 6.35. The zero-order valence-corrected chi connectivity index (χ0v) is 12.4. The number of halogens is 1. The summed E-state index contributed by atoms with van der Waals surface area (Å²) in [6.07, 6.45) is 8.93. The average molecular weight is 311 g/mol. The van der Waals surface area contributed by atoms with Crippen LogP contribution in [0.15, 0.2) is 49.3 Å². The van der Waals surface area contributed by atoms with Crippen LogP contribution in [0.25, 0.3) is 11.8 Å². The number of benzene rings is 1. The number of allylic oxidation sites excluding steroid dienone is 1. The van der Waals surface area contributed by atoms with E-state index in [0.717, 1.165) is 0 Å². The Morgan fingerprint density at radius 3 is 2.87 bits per heavy atom. The van der Waals surface area contributed by atoms with Gasteiger partial charge in [-0.2, -0.15) is 10.2 Å². The van der Waals surface area contributed by atoms with E-state index in [-0.39, 0.29) is 5.78 Å². The van der Waals surface area contributed by atoms with Crippen LogP contribution in [0.2, 0.25) is 0 Å². The lowest BCUT2D eigenvalue weighted by Gasteiger charge is -2.03. The molecule has 0 aliphatic heterocycles. The highest BCUT2D eigenvalue weighted by molar-refractivity contribution is 6.06. The molecule has 0 fully saturated rings. The predicted molar refractivity (Wildman–Crippen MR) is 82.6 cm³/mol. The van der Waals surface area contributed by atoms with Gasteiger partial charge in [-0.25, -0.2) is 14.1 Å². The van der Waals surface area contributed by atoms with E-state index in [9.17, 15) is 9.18 Å². The van der Waals surface area contributed by atoms with Gasteiger partial charge in [0.25, 0.3) is 0 Å². The highest BCUT2D eigenvalue weighted by Crippen LogP contribution is 2.15. The first-order valence-corrected chi connectivity index (χ1v) is 7.07. The monoisotopic (exact) mass is 311 g/mol. The Labute approximate surface area is 131 Å². The highest BCUT2D eigenvalue weighted by atomic mass is 19.1. The molecule has 0 radical (unpaired) electrons. The standard InChI is InChI=1S/C16H14FN5O/c1-2-21-9-13(8-19-21)16(23)6-4-12-3-5-15(14(17)7-12)22-11-18-10-20-22/h3-11H,2H2,1H3/b6-4-. The number of nitrogens with zero attached hydrogens (tertiary/aromatic N) is 5. The van der Waals surface area contributed by atoms with Crippen LogP contribution in [-0.4, -0.2) is 30.3 Å². The number of carbonyl (C=O) groups excluding carboxylic acids is 1. The first kappa shape index (κ1) is 14.8. The quantitative estimate of drug-likeness (QED) is 0.536. The molecule has 3 aromatic rings. The molecule has 0 unspecified atom stereocenters. The van der Waals surface area contributed by atoms with Crippen LogP contribution in [0, 0.1) is 5.82 Å². The fourth-order valence-corrected chi connectivity index (χ4v) is 2.08. The van der Waals surface area contributed by atoms with Crippen LogP contribution in [0.1, 0.15) is 22.8 Å². The Balaban J connectivity index is 1.77. The van der Waals surface area contributed by atoms with Crippen LogP contribution in [-0.2, 0) is 6.54 Å². The Morgan fingerprint density at radius 1 is 1.35 bits per heavy atom. The van der Waals surface area contributed by atoms with Crippen molar-refractivity contribution in [3.8, 4) is 5.69 Å². The maximum atomic E-state index is 14.1. The topological polar surface area (TPSA) is 65.6 Å². The zero-order chi connectivity index (χ0) is 16.2. The summed E-state index contributed by atoms with van der Waals surface area (Å²) in [5.41, 5.74) is 1.39. The second-order valence-corrected chi connectivity index (χ2v) is 4.83. The van der Waals surface area contributed by atoms with Crippen molar-refractivity contribution in [2.45, 2.75) is 13.5 Å². The van der Waals surface area contributed by atoms with Crippen LogP contribution in [0.3, 0.4) is 0 Å². The summed E-state index contributed by atoms with van der Waals surface area (Å²) >= 11 is 0. The molecule has 0 bridgehead atoms. The van der Waals surface area contributed by atoms with E-state index in [1.54, 1.807) is 29.1 Å². The predicted octanol–water partition coefficient (Wildman–Crippen LogP) is 2.52. The normalized spacial score (nSPS) is 11.2. The summed E-state index contributed by atoms with van der Waals surface area (Å²) in [5, 5.41) is 7.94.